The molecule has 3 rings (SSSR count). The highest BCUT2D eigenvalue weighted by atomic mass is 16.1. The Morgan fingerprint density at radius 3 is 2.68 bits per heavy atom. The molecule has 0 spiro atoms. The van der Waals surface area contributed by atoms with Crippen molar-refractivity contribution in [2.24, 2.45) is 5.92 Å². The van der Waals surface area contributed by atoms with Gasteiger partial charge in [0.1, 0.15) is 11.6 Å². The van der Waals surface area contributed by atoms with Crippen molar-refractivity contribution in [2.75, 3.05) is 26.2 Å². The smallest absolute Gasteiger partial charge is 0.251 e. The van der Waals surface area contributed by atoms with Crippen LogP contribution in [0.4, 0.5) is 0 Å². The zero-order chi connectivity index (χ0) is 22.2. The minimum absolute atomic E-state index is 0.0381. The lowest BCUT2D eigenvalue weighted by atomic mass is 10.0. The van der Waals surface area contributed by atoms with Crippen LogP contribution in [0.1, 0.15) is 61.2 Å². The van der Waals surface area contributed by atoms with Crippen molar-refractivity contribution in [1.82, 2.24) is 25.0 Å². The number of allylic oxidation sites excluding steroid dienone is 2. The standard InChI is InChI=1S/C25H37N5O/c1-19(2)6-5-7-21(4)18-29-15-13-24-28-27-23(30(24)17-16-29)12-14-26-25(31)22-10-8-20(3)9-11-22/h6,8-11,21H,5,7,12-18H2,1-4H3,(H,26,31)/t21-/m1/s1. The molecule has 6 nitrogen and oxygen atoms in total. The zero-order valence-electron chi connectivity index (χ0n) is 19.5. The maximum absolute atomic E-state index is 12.3. The van der Waals surface area contributed by atoms with Gasteiger partial charge in [0.15, 0.2) is 0 Å². The molecule has 0 bridgehead atoms. The van der Waals surface area contributed by atoms with Crippen LogP contribution in [0.25, 0.3) is 0 Å². The number of aromatic nitrogens is 3. The SMILES string of the molecule is CC(C)=CCC[C@@H](C)CN1CCc2nnc(CCNC(=O)c3ccc(C)cc3)n2CC1. The number of hydrogen-bond donors (Lipinski definition) is 1. The Kier molecular flexibility index (Phi) is 8.41. The molecule has 6 heteroatoms. The number of aryl methyl sites for hydroxylation is 1. The fourth-order valence-corrected chi connectivity index (χ4v) is 4.08. The highest BCUT2D eigenvalue weighted by molar-refractivity contribution is 5.94. The molecule has 0 radical (unpaired) electrons. The number of nitrogens with one attached hydrogen (secondary N) is 1. The van der Waals surface area contributed by atoms with Gasteiger partial charge < -0.3 is 14.8 Å². The molecular formula is C25H37N5O. The number of carbonyl (C=O) groups excluding carboxylic acids is 1. The predicted octanol–water partition coefficient (Wildman–Crippen LogP) is 3.80. The Bertz CT molecular complexity index is 880. The first kappa shape index (κ1) is 23.2. The molecule has 0 unspecified atom stereocenters. The van der Waals surface area contributed by atoms with E-state index in [0.29, 0.717) is 24.4 Å². The van der Waals surface area contributed by atoms with Crippen molar-refractivity contribution >= 4 is 5.91 Å². The normalized spacial score (nSPS) is 15.1. The van der Waals surface area contributed by atoms with E-state index < -0.39 is 0 Å². The second kappa shape index (κ2) is 11.2. The number of hydrogen-bond acceptors (Lipinski definition) is 4. The molecule has 1 aromatic carbocycles. The topological polar surface area (TPSA) is 63.1 Å². The van der Waals surface area contributed by atoms with Crippen molar-refractivity contribution in [3.05, 3.63) is 58.7 Å². The van der Waals surface area contributed by atoms with Crippen LogP contribution in [0, 0.1) is 12.8 Å². The third kappa shape index (κ3) is 7.03. The van der Waals surface area contributed by atoms with Crippen LogP contribution < -0.4 is 5.32 Å². The van der Waals surface area contributed by atoms with Gasteiger partial charge in [0.2, 0.25) is 0 Å². The minimum Gasteiger partial charge on any atom is -0.352 e. The summed E-state index contributed by atoms with van der Waals surface area (Å²) in [5.41, 5.74) is 3.25. The van der Waals surface area contributed by atoms with Crippen LogP contribution in [0.15, 0.2) is 35.9 Å². The van der Waals surface area contributed by atoms with E-state index >= 15 is 0 Å². The monoisotopic (exact) mass is 423 g/mol. The van der Waals surface area contributed by atoms with E-state index in [1.807, 2.05) is 31.2 Å². The summed E-state index contributed by atoms with van der Waals surface area (Å²) in [6, 6.07) is 7.65. The summed E-state index contributed by atoms with van der Waals surface area (Å²) < 4.78 is 2.26. The summed E-state index contributed by atoms with van der Waals surface area (Å²) in [6.45, 7) is 13.4. The zero-order valence-corrected chi connectivity index (χ0v) is 19.5. The van der Waals surface area contributed by atoms with Crippen LogP contribution in [-0.2, 0) is 19.4 Å². The van der Waals surface area contributed by atoms with Crippen LogP contribution >= 0.6 is 0 Å². The van der Waals surface area contributed by atoms with Crippen molar-refractivity contribution in [3.8, 4) is 0 Å². The van der Waals surface area contributed by atoms with Crippen molar-refractivity contribution < 1.29 is 4.79 Å². The molecule has 1 N–H and O–H groups in total. The molecule has 0 aliphatic carbocycles. The van der Waals surface area contributed by atoms with E-state index in [-0.39, 0.29) is 5.91 Å². The van der Waals surface area contributed by atoms with Gasteiger partial charge in [-0.2, -0.15) is 0 Å². The molecule has 0 saturated carbocycles. The summed E-state index contributed by atoms with van der Waals surface area (Å²) >= 11 is 0. The first-order valence-corrected chi connectivity index (χ1v) is 11.5. The molecule has 168 valence electrons. The summed E-state index contributed by atoms with van der Waals surface area (Å²) in [5.74, 6) is 2.69. The number of nitrogens with zero attached hydrogens (tertiary/aromatic N) is 4. The van der Waals surface area contributed by atoms with Crippen LogP contribution in [0.2, 0.25) is 0 Å². The van der Waals surface area contributed by atoms with Crippen LogP contribution in [-0.4, -0.2) is 51.8 Å². The van der Waals surface area contributed by atoms with E-state index in [2.05, 4.69) is 51.8 Å². The fraction of sp³-hybridized carbons (Fsp3) is 0.560. The number of rotatable bonds is 9. The van der Waals surface area contributed by atoms with Gasteiger partial charge in [-0.25, -0.2) is 0 Å². The van der Waals surface area contributed by atoms with Crippen molar-refractivity contribution in [3.63, 3.8) is 0 Å². The quantitative estimate of drug-likeness (QED) is 0.623. The van der Waals surface area contributed by atoms with Gasteiger partial charge in [0.25, 0.3) is 5.91 Å². The van der Waals surface area contributed by atoms with Gasteiger partial charge in [-0.3, -0.25) is 4.79 Å². The largest absolute Gasteiger partial charge is 0.352 e. The lowest BCUT2D eigenvalue weighted by Crippen LogP contribution is -2.31. The first-order chi connectivity index (χ1) is 14.9. The highest BCUT2D eigenvalue weighted by Gasteiger charge is 2.19. The number of fused-ring (bicyclic) bond motifs is 1. The summed E-state index contributed by atoms with van der Waals surface area (Å²) in [5, 5.41) is 11.8. The highest BCUT2D eigenvalue weighted by Crippen LogP contribution is 2.14. The second-order valence-corrected chi connectivity index (χ2v) is 9.07. The average molecular weight is 424 g/mol. The Labute approximate surface area is 186 Å². The van der Waals surface area contributed by atoms with Crippen LogP contribution in [0.3, 0.4) is 0 Å². The molecule has 1 amide bonds. The van der Waals surface area contributed by atoms with E-state index in [4.69, 9.17) is 0 Å². The maximum atomic E-state index is 12.3. The summed E-state index contributed by atoms with van der Waals surface area (Å²) in [4.78, 5) is 14.9. The predicted molar refractivity (Wildman–Crippen MR) is 125 cm³/mol. The molecule has 0 saturated heterocycles. The summed E-state index contributed by atoms with van der Waals surface area (Å²) in [7, 11) is 0. The Hall–Kier alpha value is -2.47. The minimum atomic E-state index is -0.0381. The third-order valence-electron chi connectivity index (χ3n) is 5.93. The Morgan fingerprint density at radius 1 is 1.16 bits per heavy atom. The van der Waals surface area contributed by atoms with Crippen LogP contribution in [0.5, 0.6) is 0 Å². The molecule has 1 aliphatic heterocycles. The van der Waals surface area contributed by atoms with E-state index in [9.17, 15) is 4.79 Å². The van der Waals surface area contributed by atoms with E-state index in [1.54, 1.807) is 0 Å². The molecule has 1 aromatic heterocycles. The molecule has 0 fully saturated rings. The van der Waals surface area contributed by atoms with Gasteiger partial charge >= 0.3 is 0 Å². The Balaban J connectivity index is 1.46. The molecule has 2 aromatic rings. The third-order valence-corrected chi connectivity index (χ3v) is 5.93. The molecule has 1 aliphatic rings. The second-order valence-electron chi connectivity index (χ2n) is 9.07. The van der Waals surface area contributed by atoms with Gasteiger partial charge in [-0.15, -0.1) is 10.2 Å². The lowest BCUT2D eigenvalue weighted by molar-refractivity contribution is 0.0954. The van der Waals surface area contributed by atoms with E-state index in [0.717, 1.165) is 49.8 Å². The van der Waals surface area contributed by atoms with Gasteiger partial charge in [-0.1, -0.05) is 36.3 Å². The lowest BCUT2D eigenvalue weighted by Gasteiger charge is -2.23. The number of carbonyl (C=O) groups is 1. The van der Waals surface area contributed by atoms with Crippen molar-refractivity contribution in [1.29, 1.82) is 0 Å². The van der Waals surface area contributed by atoms with E-state index in [1.165, 1.54) is 18.4 Å². The van der Waals surface area contributed by atoms with Gasteiger partial charge in [0, 0.05) is 51.1 Å². The molecule has 2 heterocycles. The number of benzene rings is 1. The van der Waals surface area contributed by atoms with Gasteiger partial charge in [0.05, 0.1) is 0 Å². The Morgan fingerprint density at radius 2 is 1.94 bits per heavy atom. The average Bonchev–Trinajstić information content (AvgIpc) is 3.00. The fourth-order valence-electron chi connectivity index (χ4n) is 4.08. The molecule has 1 atom stereocenters. The number of amides is 1. The molecular weight excluding hydrogens is 386 g/mol. The molecule has 31 heavy (non-hydrogen) atoms. The maximum Gasteiger partial charge on any atom is 0.251 e. The van der Waals surface area contributed by atoms with Gasteiger partial charge in [-0.05, 0) is 51.7 Å². The first-order valence-electron chi connectivity index (χ1n) is 11.5. The van der Waals surface area contributed by atoms with Crippen molar-refractivity contribution in [2.45, 2.75) is 59.9 Å². The summed E-state index contributed by atoms with van der Waals surface area (Å²) in [6.07, 6.45) is 6.37.